The van der Waals surface area contributed by atoms with E-state index >= 15 is 0 Å². The first-order valence-corrected chi connectivity index (χ1v) is 6.93. The molecule has 0 aliphatic carbocycles. The molecule has 0 amide bonds. The lowest BCUT2D eigenvalue weighted by Crippen LogP contribution is -2.00. The van der Waals surface area contributed by atoms with Gasteiger partial charge >= 0.3 is 0 Å². The Morgan fingerprint density at radius 1 is 1.16 bits per heavy atom. The zero-order valence-corrected chi connectivity index (χ0v) is 12.1. The van der Waals surface area contributed by atoms with Crippen LogP contribution in [0.5, 0.6) is 0 Å². The number of aryl methyl sites for hydroxylation is 1. The van der Waals surface area contributed by atoms with Crippen LogP contribution in [0.3, 0.4) is 0 Å². The normalized spacial score (nSPS) is 11.1. The minimum absolute atomic E-state index is 0.169. The molecule has 0 bridgehead atoms. The van der Waals surface area contributed by atoms with Crippen LogP contribution in [0.1, 0.15) is 11.1 Å². The highest BCUT2D eigenvalue weighted by atomic mass is 79.9. The second kappa shape index (κ2) is 4.82. The first kappa shape index (κ1) is 12.4. The Balaban J connectivity index is 2.06. The van der Waals surface area contributed by atoms with Crippen LogP contribution in [0.15, 0.2) is 53.1 Å². The van der Waals surface area contributed by atoms with Crippen LogP contribution in [-0.2, 0) is 6.54 Å². The van der Waals surface area contributed by atoms with Crippen LogP contribution in [0.4, 0.5) is 4.39 Å². The van der Waals surface area contributed by atoms with Crippen LogP contribution in [0.25, 0.3) is 10.9 Å². The lowest BCUT2D eigenvalue weighted by atomic mass is 10.1. The van der Waals surface area contributed by atoms with Crippen LogP contribution < -0.4 is 0 Å². The molecule has 0 atom stereocenters. The molecule has 1 nitrogen and oxygen atoms in total. The van der Waals surface area contributed by atoms with Gasteiger partial charge in [-0.2, -0.15) is 0 Å². The fraction of sp³-hybridized carbons (Fsp3) is 0.125. The molecule has 0 aliphatic heterocycles. The number of rotatable bonds is 2. The van der Waals surface area contributed by atoms with Gasteiger partial charge in [0.25, 0.3) is 0 Å². The molecular weight excluding hydrogens is 305 g/mol. The van der Waals surface area contributed by atoms with E-state index in [1.54, 1.807) is 6.07 Å². The molecular formula is C16H13BrFN. The van der Waals surface area contributed by atoms with Crippen molar-refractivity contribution in [2.75, 3.05) is 0 Å². The van der Waals surface area contributed by atoms with Crippen molar-refractivity contribution in [1.82, 2.24) is 4.57 Å². The molecule has 3 aromatic rings. The van der Waals surface area contributed by atoms with Crippen LogP contribution >= 0.6 is 15.9 Å². The largest absolute Gasteiger partial charge is 0.343 e. The van der Waals surface area contributed by atoms with Gasteiger partial charge in [-0.25, -0.2) is 4.39 Å². The lowest BCUT2D eigenvalue weighted by Gasteiger charge is -2.08. The summed E-state index contributed by atoms with van der Waals surface area (Å²) in [7, 11) is 0. The number of hydrogen-bond donors (Lipinski definition) is 0. The number of hydrogen-bond acceptors (Lipinski definition) is 0. The Morgan fingerprint density at radius 3 is 2.84 bits per heavy atom. The molecule has 0 aliphatic rings. The van der Waals surface area contributed by atoms with Gasteiger partial charge in [-0.1, -0.05) is 28.1 Å². The van der Waals surface area contributed by atoms with E-state index < -0.39 is 0 Å². The second-order valence-electron chi connectivity index (χ2n) is 4.69. The number of benzene rings is 2. The van der Waals surface area contributed by atoms with Gasteiger partial charge in [0, 0.05) is 27.1 Å². The number of nitrogens with zero attached hydrogens (tertiary/aromatic N) is 1. The Morgan fingerprint density at radius 2 is 2.00 bits per heavy atom. The molecule has 0 radical (unpaired) electrons. The Kier molecular flexibility index (Phi) is 3.15. The fourth-order valence-electron chi connectivity index (χ4n) is 2.36. The number of halogens is 2. The SMILES string of the molecule is Cc1cccc2c1ccn2Cc1cc(Br)ccc1F. The maximum Gasteiger partial charge on any atom is 0.128 e. The highest BCUT2D eigenvalue weighted by Crippen LogP contribution is 2.22. The summed E-state index contributed by atoms with van der Waals surface area (Å²) in [6.07, 6.45) is 2.01. The lowest BCUT2D eigenvalue weighted by molar-refractivity contribution is 0.601. The van der Waals surface area contributed by atoms with E-state index in [0.717, 1.165) is 9.99 Å². The predicted molar refractivity (Wildman–Crippen MR) is 79.9 cm³/mol. The van der Waals surface area contributed by atoms with E-state index in [2.05, 4.69) is 45.6 Å². The third-order valence-electron chi connectivity index (χ3n) is 3.38. The fourth-order valence-corrected chi connectivity index (χ4v) is 2.77. The molecule has 0 saturated heterocycles. The summed E-state index contributed by atoms with van der Waals surface area (Å²) in [5.41, 5.74) is 3.07. The molecule has 0 spiro atoms. The Bertz CT molecular complexity index is 746. The van der Waals surface area contributed by atoms with Crippen molar-refractivity contribution in [3.05, 3.63) is 70.1 Å². The molecule has 2 aromatic carbocycles. The van der Waals surface area contributed by atoms with Crippen molar-refractivity contribution in [1.29, 1.82) is 0 Å². The molecule has 96 valence electrons. The topological polar surface area (TPSA) is 4.93 Å². The minimum Gasteiger partial charge on any atom is -0.343 e. The average molecular weight is 318 g/mol. The van der Waals surface area contributed by atoms with Crippen LogP contribution in [0.2, 0.25) is 0 Å². The van der Waals surface area contributed by atoms with Crippen molar-refractivity contribution in [2.45, 2.75) is 13.5 Å². The average Bonchev–Trinajstić information content (AvgIpc) is 2.79. The minimum atomic E-state index is -0.169. The zero-order valence-electron chi connectivity index (χ0n) is 10.5. The molecule has 19 heavy (non-hydrogen) atoms. The monoisotopic (exact) mass is 317 g/mol. The van der Waals surface area contributed by atoms with E-state index in [9.17, 15) is 4.39 Å². The summed E-state index contributed by atoms with van der Waals surface area (Å²) in [5.74, 6) is -0.169. The summed E-state index contributed by atoms with van der Waals surface area (Å²) in [5, 5.41) is 1.22. The summed E-state index contributed by atoms with van der Waals surface area (Å²) in [6, 6.07) is 13.3. The van der Waals surface area contributed by atoms with Gasteiger partial charge in [0.15, 0.2) is 0 Å². The highest BCUT2D eigenvalue weighted by molar-refractivity contribution is 9.10. The van der Waals surface area contributed by atoms with Gasteiger partial charge < -0.3 is 4.57 Å². The van der Waals surface area contributed by atoms with Crippen molar-refractivity contribution in [3.63, 3.8) is 0 Å². The first-order chi connectivity index (χ1) is 9.15. The maximum atomic E-state index is 13.8. The molecule has 1 heterocycles. The standard InChI is InChI=1S/C16H13BrFN/c1-11-3-2-4-16-14(11)7-8-19(16)10-12-9-13(17)5-6-15(12)18/h2-9H,10H2,1H3. The summed E-state index contributed by atoms with van der Waals surface area (Å²) in [4.78, 5) is 0. The molecule has 3 rings (SSSR count). The first-order valence-electron chi connectivity index (χ1n) is 6.13. The molecule has 0 saturated carbocycles. The quantitative estimate of drug-likeness (QED) is 0.633. The van der Waals surface area contributed by atoms with Crippen molar-refractivity contribution in [2.24, 2.45) is 0 Å². The highest BCUT2D eigenvalue weighted by Gasteiger charge is 2.07. The summed E-state index contributed by atoms with van der Waals surface area (Å²) < 4.78 is 16.8. The van der Waals surface area contributed by atoms with Gasteiger partial charge in [0.05, 0.1) is 6.54 Å². The third kappa shape index (κ3) is 2.30. The van der Waals surface area contributed by atoms with Gasteiger partial charge in [-0.3, -0.25) is 0 Å². The van der Waals surface area contributed by atoms with E-state index in [1.807, 2.05) is 18.3 Å². The van der Waals surface area contributed by atoms with Gasteiger partial charge in [-0.15, -0.1) is 0 Å². The van der Waals surface area contributed by atoms with Gasteiger partial charge in [0.1, 0.15) is 5.82 Å². The van der Waals surface area contributed by atoms with Crippen LogP contribution in [-0.4, -0.2) is 4.57 Å². The number of fused-ring (bicyclic) bond motifs is 1. The van der Waals surface area contributed by atoms with E-state index in [4.69, 9.17) is 0 Å². The van der Waals surface area contributed by atoms with E-state index in [-0.39, 0.29) is 5.82 Å². The van der Waals surface area contributed by atoms with Gasteiger partial charge in [-0.05, 0) is 42.8 Å². The summed E-state index contributed by atoms with van der Waals surface area (Å²) >= 11 is 3.39. The van der Waals surface area contributed by atoms with Crippen LogP contribution in [0, 0.1) is 12.7 Å². The Hall–Kier alpha value is -1.61. The maximum absolute atomic E-state index is 13.8. The third-order valence-corrected chi connectivity index (χ3v) is 3.87. The van der Waals surface area contributed by atoms with E-state index in [1.165, 1.54) is 17.0 Å². The zero-order chi connectivity index (χ0) is 13.4. The predicted octanol–water partition coefficient (Wildman–Crippen LogP) is 4.90. The molecule has 0 unspecified atom stereocenters. The molecule has 0 N–H and O–H groups in total. The summed E-state index contributed by atoms with van der Waals surface area (Å²) in [6.45, 7) is 2.63. The van der Waals surface area contributed by atoms with Crippen molar-refractivity contribution < 1.29 is 4.39 Å². The van der Waals surface area contributed by atoms with Crippen molar-refractivity contribution >= 4 is 26.8 Å². The van der Waals surface area contributed by atoms with Crippen molar-refractivity contribution in [3.8, 4) is 0 Å². The second-order valence-corrected chi connectivity index (χ2v) is 5.60. The molecule has 1 aromatic heterocycles. The smallest absolute Gasteiger partial charge is 0.128 e. The molecule has 0 fully saturated rings. The van der Waals surface area contributed by atoms with Gasteiger partial charge in [0.2, 0.25) is 0 Å². The van der Waals surface area contributed by atoms with E-state index in [0.29, 0.717) is 12.1 Å². The Labute approximate surface area is 119 Å². The molecule has 3 heteroatoms. The number of aromatic nitrogens is 1.